The molecule has 0 bridgehead atoms. The zero-order valence-electron chi connectivity index (χ0n) is 11.1. The number of aromatic nitrogens is 2. The van der Waals surface area contributed by atoms with Gasteiger partial charge >= 0.3 is 0 Å². The Morgan fingerprint density at radius 2 is 1.94 bits per heavy atom. The summed E-state index contributed by atoms with van der Waals surface area (Å²) < 4.78 is 2.05. The van der Waals surface area contributed by atoms with E-state index in [9.17, 15) is 0 Å². The highest BCUT2D eigenvalue weighted by molar-refractivity contribution is 7.99. The van der Waals surface area contributed by atoms with Gasteiger partial charge in [-0.25, -0.2) is 4.98 Å². The molecular weight excluding hydrogens is 242 g/mol. The largest absolute Gasteiger partial charge is 0.330 e. The molecule has 0 atom stereocenters. The fourth-order valence-corrected chi connectivity index (χ4v) is 2.72. The molecule has 2 rings (SSSR count). The third-order valence-electron chi connectivity index (χ3n) is 2.79. The van der Waals surface area contributed by atoms with Gasteiger partial charge in [0, 0.05) is 17.2 Å². The Labute approximate surface area is 112 Å². The molecule has 4 heteroatoms. The molecule has 0 saturated carbocycles. The maximum atomic E-state index is 5.63. The van der Waals surface area contributed by atoms with Crippen LogP contribution in [0.4, 0.5) is 0 Å². The summed E-state index contributed by atoms with van der Waals surface area (Å²) in [4.78, 5) is 5.62. The van der Waals surface area contributed by atoms with Crippen LogP contribution in [0, 0.1) is 0 Å². The number of imidazole rings is 1. The average Bonchev–Trinajstić information content (AvgIpc) is 2.71. The van der Waals surface area contributed by atoms with Gasteiger partial charge in [0.05, 0.1) is 18.4 Å². The van der Waals surface area contributed by atoms with Gasteiger partial charge in [-0.05, 0) is 17.7 Å². The molecule has 3 nitrogen and oxygen atoms in total. The summed E-state index contributed by atoms with van der Waals surface area (Å²) in [7, 11) is 2.00. The zero-order valence-corrected chi connectivity index (χ0v) is 11.9. The minimum atomic E-state index is 0.470. The van der Waals surface area contributed by atoms with Crippen LogP contribution in [0.1, 0.15) is 19.7 Å². The van der Waals surface area contributed by atoms with Crippen molar-refractivity contribution in [2.24, 2.45) is 12.8 Å². The second-order valence-electron chi connectivity index (χ2n) is 4.51. The molecule has 2 N–H and O–H groups in total. The second-order valence-corrected chi connectivity index (χ2v) is 6.16. The maximum absolute atomic E-state index is 5.63. The molecule has 2 aromatic rings. The molecule has 1 aromatic heterocycles. The molecule has 0 unspecified atom stereocenters. The predicted molar refractivity (Wildman–Crippen MR) is 77.5 cm³/mol. The number of hydrogen-bond acceptors (Lipinski definition) is 3. The first-order chi connectivity index (χ1) is 8.61. The molecule has 0 saturated heterocycles. The highest BCUT2D eigenvalue weighted by Crippen LogP contribution is 2.26. The number of rotatable bonds is 4. The normalized spacial score (nSPS) is 11.2. The molecule has 1 aromatic carbocycles. The number of nitrogens with zero attached hydrogens (tertiary/aromatic N) is 2. The van der Waals surface area contributed by atoms with Crippen molar-refractivity contribution in [3.8, 4) is 11.3 Å². The molecule has 0 fully saturated rings. The Hall–Kier alpha value is -1.26. The van der Waals surface area contributed by atoms with Gasteiger partial charge in [-0.1, -0.05) is 26.0 Å². The minimum absolute atomic E-state index is 0.470. The first kappa shape index (κ1) is 13.2. The molecule has 0 aliphatic rings. The summed E-state index contributed by atoms with van der Waals surface area (Å²) in [6.07, 6.45) is 1.88. The Balaban J connectivity index is 2.26. The van der Waals surface area contributed by atoms with Crippen molar-refractivity contribution in [2.45, 2.75) is 30.5 Å². The van der Waals surface area contributed by atoms with Gasteiger partial charge in [-0.2, -0.15) is 0 Å². The SMILES string of the molecule is CC(C)Sc1ccc(-c2cnc(CN)n2C)cc1. The van der Waals surface area contributed by atoms with Crippen LogP contribution >= 0.6 is 11.8 Å². The van der Waals surface area contributed by atoms with Crippen LogP contribution in [0.3, 0.4) is 0 Å². The van der Waals surface area contributed by atoms with Crippen molar-refractivity contribution < 1.29 is 0 Å². The second kappa shape index (κ2) is 5.59. The van der Waals surface area contributed by atoms with Gasteiger partial charge in [0.2, 0.25) is 0 Å². The molecule has 96 valence electrons. The maximum Gasteiger partial charge on any atom is 0.122 e. The van der Waals surface area contributed by atoms with Gasteiger partial charge in [0.25, 0.3) is 0 Å². The highest BCUT2D eigenvalue weighted by Gasteiger charge is 2.07. The lowest BCUT2D eigenvalue weighted by Gasteiger charge is -2.07. The summed E-state index contributed by atoms with van der Waals surface area (Å²) in [6.45, 7) is 4.87. The molecular formula is C14H19N3S. The Kier molecular flexibility index (Phi) is 4.09. The van der Waals surface area contributed by atoms with E-state index in [4.69, 9.17) is 5.73 Å². The highest BCUT2D eigenvalue weighted by atomic mass is 32.2. The molecule has 1 heterocycles. The van der Waals surface area contributed by atoms with E-state index in [1.165, 1.54) is 10.5 Å². The Morgan fingerprint density at radius 3 is 2.44 bits per heavy atom. The van der Waals surface area contributed by atoms with Crippen LogP contribution in [-0.2, 0) is 13.6 Å². The molecule has 0 amide bonds. The van der Waals surface area contributed by atoms with E-state index in [2.05, 4.69) is 43.1 Å². The van der Waals surface area contributed by atoms with E-state index in [0.717, 1.165) is 11.5 Å². The molecule has 0 aliphatic carbocycles. The number of nitrogens with two attached hydrogens (primary N) is 1. The Morgan fingerprint density at radius 1 is 1.28 bits per heavy atom. The van der Waals surface area contributed by atoms with Crippen molar-refractivity contribution in [2.75, 3.05) is 0 Å². The topological polar surface area (TPSA) is 43.8 Å². The van der Waals surface area contributed by atoms with Gasteiger partial charge in [0.1, 0.15) is 5.82 Å². The van der Waals surface area contributed by atoms with Crippen molar-refractivity contribution in [1.29, 1.82) is 0 Å². The van der Waals surface area contributed by atoms with Gasteiger partial charge in [-0.15, -0.1) is 11.8 Å². The van der Waals surface area contributed by atoms with E-state index < -0.39 is 0 Å². The van der Waals surface area contributed by atoms with Crippen LogP contribution in [0.15, 0.2) is 35.4 Å². The first-order valence-electron chi connectivity index (χ1n) is 6.09. The van der Waals surface area contributed by atoms with E-state index >= 15 is 0 Å². The van der Waals surface area contributed by atoms with Crippen molar-refractivity contribution in [1.82, 2.24) is 9.55 Å². The lowest BCUT2D eigenvalue weighted by molar-refractivity contribution is 0.799. The fourth-order valence-electron chi connectivity index (χ4n) is 1.88. The molecule has 0 radical (unpaired) electrons. The molecule has 0 aliphatic heterocycles. The summed E-state index contributed by atoms with van der Waals surface area (Å²) in [5.41, 5.74) is 7.92. The Bertz CT molecular complexity index is 514. The van der Waals surface area contributed by atoms with Gasteiger partial charge in [-0.3, -0.25) is 0 Å². The van der Waals surface area contributed by atoms with Crippen LogP contribution in [-0.4, -0.2) is 14.8 Å². The average molecular weight is 261 g/mol. The van der Waals surface area contributed by atoms with E-state index in [0.29, 0.717) is 11.8 Å². The van der Waals surface area contributed by atoms with E-state index in [-0.39, 0.29) is 0 Å². The van der Waals surface area contributed by atoms with E-state index in [1.807, 2.05) is 29.6 Å². The van der Waals surface area contributed by atoms with Crippen LogP contribution in [0.25, 0.3) is 11.3 Å². The van der Waals surface area contributed by atoms with Gasteiger partial charge in [0.15, 0.2) is 0 Å². The summed E-state index contributed by atoms with van der Waals surface area (Å²) in [6, 6.07) is 8.61. The monoisotopic (exact) mass is 261 g/mol. The van der Waals surface area contributed by atoms with Crippen molar-refractivity contribution in [3.63, 3.8) is 0 Å². The lowest BCUT2D eigenvalue weighted by atomic mass is 10.2. The van der Waals surface area contributed by atoms with Gasteiger partial charge < -0.3 is 10.3 Å². The number of thioether (sulfide) groups is 1. The molecule has 18 heavy (non-hydrogen) atoms. The summed E-state index contributed by atoms with van der Waals surface area (Å²) in [5.74, 6) is 0.908. The number of hydrogen-bond donors (Lipinski definition) is 1. The van der Waals surface area contributed by atoms with Crippen LogP contribution < -0.4 is 5.73 Å². The first-order valence-corrected chi connectivity index (χ1v) is 6.97. The standard InChI is InChI=1S/C14H19N3S/c1-10(2)18-12-6-4-11(5-7-12)13-9-16-14(8-15)17(13)3/h4-7,9-10H,8,15H2,1-3H3. The lowest BCUT2D eigenvalue weighted by Crippen LogP contribution is -2.05. The minimum Gasteiger partial charge on any atom is -0.330 e. The summed E-state index contributed by atoms with van der Waals surface area (Å²) in [5, 5.41) is 0.608. The third-order valence-corrected chi connectivity index (χ3v) is 3.80. The summed E-state index contributed by atoms with van der Waals surface area (Å²) >= 11 is 1.87. The quantitative estimate of drug-likeness (QED) is 0.860. The smallest absolute Gasteiger partial charge is 0.122 e. The van der Waals surface area contributed by atoms with E-state index in [1.54, 1.807) is 0 Å². The van der Waals surface area contributed by atoms with Crippen molar-refractivity contribution >= 4 is 11.8 Å². The zero-order chi connectivity index (χ0) is 13.1. The fraction of sp³-hybridized carbons (Fsp3) is 0.357. The number of benzene rings is 1. The van der Waals surface area contributed by atoms with Crippen LogP contribution in [0.2, 0.25) is 0 Å². The predicted octanol–water partition coefficient (Wildman–Crippen LogP) is 3.05. The van der Waals surface area contributed by atoms with Crippen LogP contribution in [0.5, 0.6) is 0 Å². The molecule has 0 spiro atoms. The van der Waals surface area contributed by atoms with Crippen molar-refractivity contribution in [3.05, 3.63) is 36.3 Å². The third kappa shape index (κ3) is 2.76.